The third-order valence-corrected chi connectivity index (χ3v) is 3.88. The number of hydrogen-bond donors (Lipinski definition) is 2. The van der Waals surface area contributed by atoms with Gasteiger partial charge in [-0.2, -0.15) is 5.10 Å². The topological polar surface area (TPSA) is 93.6 Å². The molecule has 21 heavy (non-hydrogen) atoms. The summed E-state index contributed by atoms with van der Waals surface area (Å²) in [6.45, 7) is 5.54. The molecule has 7 heteroatoms. The molecule has 2 heterocycles. The van der Waals surface area contributed by atoms with Crippen molar-refractivity contribution in [3.8, 4) is 0 Å². The Morgan fingerprint density at radius 1 is 1.57 bits per heavy atom. The molecule has 3 N–H and O–H groups in total. The van der Waals surface area contributed by atoms with Gasteiger partial charge < -0.3 is 20.5 Å². The summed E-state index contributed by atoms with van der Waals surface area (Å²) in [7, 11) is 1.34. The summed E-state index contributed by atoms with van der Waals surface area (Å²) in [4.78, 5) is 14.1. The molecule has 7 nitrogen and oxygen atoms in total. The molecule has 1 fully saturated rings. The van der Waals surface area contributed by atoms with Crippen molar-refractivity contribution in [3.63, 3.8) is 0 Å². The number of nitrogens with zero attached hydrogens (tertiary/aromatic N) is 3. The first-order valence-electron chi connectivity index (χ1n) is 7.31. The van der Waals surface area contributed by atoms with Crippen molar-refractivity contribution in [3.05, 3.63) is 5.56 Å². The second-order valence-electron chi connectivity index (χ2n) is 5.75. The minimum absolute atomic E-state index is 0.0561. The lowest BCUT2D eigenvalue weighted by atomic mass is 9.99. The molecule has 0 bridgehead atoms. The van der Waals surface area contributed by atoms with Crippen LogP contribution in [0, 0.1) is 5.92 Å². The van der Waals surface area contributed by atoms with Gasteiger partial charge in [0.25, 0.3) is 0 Å². The van der Waals surface area contributed by atoms with Crippen LogP contribution in [0.2, 0.25) is 0 Å². The van der Waals surface area contributed by atoms with Gasteiger partial charge in [0.1, 0.15) is 11.4 Å². The molecule has 1 aromatic rings. The fraction of sp³-hybridized carbons (Fsp3) is 0.714. The Morgan fingerprint density at radius 3 is 2.86 bits per heavy atom. The number of aromatic nitrogens is 2. The number of methoxy groups -OCH3 is 1. The largest absolute Gasteiger partial charge is 0.465 e. The molecule has 1 aromatic heterocycles. The van der Waals surface area contributed by atoms with E-state index in [0.29, 0.717) is 23.7 Å². The molecule has 0 saturated carbocycles. The Morgan fingerprint density at radius 2 is 2.29 bits per heavy atom. The number of nitrogen functional groups attached to an aromatic ring is 1. The van der Waals surface area contributed by atoms with E-state index in [4.69, 9.17) is 10.5 Å². The Hall–Kier alpha value is -1.76. The van der Waals surface area contributed by atoms with E-state index >= 15 is 0 Å². The number of rotatable bonds is 4. The predicted molar refractivity (Wildman–Crippen MR) is 80.4 cm³/mol. The van der Waals surface area contributed by atoms with Crippen molar-refractivity contribution in [2.45, 2.75) is 32.7 Å². The van der Waals surface area contributed by atoms with Gasteiger partial charge in [0.05, 0.1) is 7.11 Å². The second kappa shape index (κ2) is 6.34. The molecule has 118 valence electrons. The molecular formula is C14H24N4O3. The van der Waals surface area contributed by atoms with Crippen LogP contribution in [0.3, 0.4) is 0 Å². The average molecular weight is 296 g/mol. The highest BCUT2D eigenvalue weighted by atomic mass is 16.5. The van der Waals surface area contributed by atoms with Crippen LogP contribution in [0.15, 0.2) is 0 Å². The Labute approximate surface area is 124 Å². The van der Waals surface area contributed by atoms with Crippen molar-refractivity contribution in [1.82, 2.24) is 9.78 Å². The van der Waals surface area contributed by atoms with Crippen LogP contribution in [0.5, 0.6) is 0 Å². The van der Waals surface area contributed by atoms with E-state index in [-0.39, 0.29) is 18.6 Å². The summed E-state index contributed by atoms with van der Waals surface area (Å²) in [5.41, 5.74) is 6.40. The molecule has 1 aliphatic rings. The van der Waals surface area contributed by atoms with Crippen LogP contribution in [-0.2, 0) is 4.74 Å². The molecule has 0 radical (unpaired) electrons. The number of anilines is 2. The molecule has 0 amide bonds. The summed E-state index contributed by atoms with van der Waals surface area (Å²) in [6.07, 6.45) is 1.95. The van der Waals surface area contributed by atoms with Gasteiger partial charge in [0, 0.05) is 25.7 Å². The lowest BCUT2D eigenvalue weighted by Gasteiger charge is -2.32. The number of aliphatic hydroxyl groups excluding tert-OH is 1. The Balaban J connectivity index is 2.41. The van der Waals surface area contributed by atoms with E-state index < -0.39 is 5.97 Å². The summed E-state index contributed by atoms with van der Waals surface area (Å²) >= 11 is 0. The minimum atomic E-state index is -0.472. The molecule has 0 aromatic carbocycles. The molecule has 1 saturated heterocycles. The highest BCUT2D eigenvalue weighted by Crippen LogP contribution is 2.31. The molecule has 2 rings (SSSR count). The zero-order chi connectivity index (χ0) is 15.6. The van der Waals surface area contributed by atoms with Crippen LogP contribution in [-0.4, -0.2) is 47.7 Å². The summed E-state index contributed by atoms with van der Waals surface area (Å²) in [5, 5.41) is 13.9. The first kappa shape index (κ1) is 15.6. The number of piperidine rings is 1. The van der Waals surface area contributed by atoms with Crippen molar-refractivity contribution >= 4 is 17.6 Å². The Bertz CT molecular complexity index is 513. The summed E-state index contributed by atoms with van der Waals surface area (Å²) in [5.74, 6) is 0.624. The van der Waals surface area contributed by atoms with E-state index in [1.54, 1.807) is 4.68 Å². The van der Waals surface area contributed by atoms with E-state index in [2.05, 4.69) is 5.10 Å². The van der Waals surface area contributed by atoms with Gasteiger partial charge in [0.15, 0.2) is 5.82 Å². The van der Waals surface area contributed by atoms with Gasteiger partial charge in [-0.15, -0.1) is 0 Å². The van der Waals surface area contributed by atoms with Crippen molar-refractivity contribution in [1.29, 1.82) is 0 Å². The van der Waals surface area contributed by atoms with Crippen LogP contribution in [0.4, 0.5) is 11.6 Å². The highest BCUT2D eigenvalue weighted by molar-refractivity contribution is 5.99. The standard InChI is InChI=1S/C14H24N4O3/c1-9(2)18-12(15)11(14(20)21-3)13(16-18)17-6-4-5-10(7-17)8-19/h9-10,19H,4-8,15H2,1-3H3. The number of hydrogen-bond acceptors (Lipinski definition) is 6. The smallest absolute Gasteiger partial charge is 0.345 e. The molecule has 1 atom stereocenters. The molecular weight excluding hydrogens is 272 g/mol. The fourth-order valence-electron chi connectivity index (χ4n) is 2.75. The van der Waals surface area contributed by atoms with Crippen molar-refractivity contribution < 1.29 is 14.6 Å². The van der Waals surface area contributed by atoms with E-state index in [1.165, 1.54) is 7.11 Å². The number of nitrogens with two attached hydrogens (primary N) is 1. The SMILES string of the molecule is COC(=O)c1c(N2CCCC(CO)C2)nn(C(C)C)c1N. The van der Waals surface area contributed by atoms with Gasteiger partial charge >= 0.3 is 5.97 Å². The van der Waals surface area contributed by atoms with Gasteiger partial charge in [-0.25, -0.2) is 9.48 Å². The third-order valence-electron chi connectivity index (χ3n) is 3.88. The summed E-state index contributed by atoms with van der Waals surface area (Å²) in [6, 6.07) is 0.0561. The second-order valence-corrected chi connectivity index (χ2v) is 5.75. The maximum atomic E-state index is 12.1. The van der Waals surface area contributed by atoms with Gasteiger partial charge in [0.2, 0.25) is 0 Å². The van der Waals surface area contributed by atoms with Crippen LogP contribution >= 0.6 is 0 Å². The monoisotopic (exact) mass is 296 g/mol. The number of aliphatic hydroxyl groups is 1. The number of esters is 1. The van der Waals surface area contributed by atoms with Crippen LogP contribution in [0.1, 0.15) is 43.1 Å². The molecule has 0 aliphatic carbocycles. The molecule has 1 unspecified atom stereocenters. The van der Waals surface area contributed by atoms with Gasteiger partial charge in [-0.1, -0.05) is 0 Å². The maximum Gasteiger partial charge on any atom is 0.345 e. The Kier molecular flexibility index (Phi) is 4.72. The van der Waals surface area contributed by atoms with Crippen LogP contribution < -0.4 is 10.6 Å². The summed E-state index contributed by atoms with van der Waals surface area (Å²) < 4.78 is 6.49. The fourth-order valence-corrected chi connectivity index (χ4v) is 2.75. The maximum absolute atomic E-state index is 12.1. The predicted octanol–water partition coefficient (Wildman–Crippen LogP) is 1.04. The van der Waals surface area contributed by atoms with Crippen molar-refractivity contribution in [2.24, 2.45) is 5.92 Å². The lowest BCUT2D eigenvalue weighted by Crippen LogP contribution is -2.38. The third kappa shape index (κ3) is 2.97. The first-order valence-corrected chi connectivity index (χ1v) is 7.31. The van der Waals surface area contributed by atoms with Crippen LogP contribution in [0.25, 0.3) is 0 Å². The van der Waals surface area contributed by atoms with E-state index in [0.717, 1.165) is 19.4 Å². The van der Waals surface area contributed by atoms with Crippen molar-refractivity contribution in [2.75, 3.05) is 37.4 Å². The minimum Gasteiger partial charge on any atom is -0.465 e. The number of carbonyl (C=O) groups is 1. The normalized spacial score (nSPS) is 19.1. The highest BCUT2D eigenvalue weighted by Gasteiger charge is 2.30. The molecule has 0 spiro atoms. The molecule has 1 aliphatic heterocycles. The van der Waals surface area contributed by atoms with Gasteiger partial charge in [-0.05, 0) is 32.6 Å². The van der Waals surface area contributed by atoms with E-state index in [1.807, 2.05) is 18.7 Å². The first-order chi connectivity index (χ1) is 9.99. The zero-order valence-corrected chi connectivity index (χ0v) is 12.9. The lowest BCUT2D eigenvalue weighted by molar-refractivity contribution is 0.0602. The zero-order valence-electron chi connectivity index (χ0n) is 12.9. The average Bonchev–Trinajstić information content (AvgIpc) is 2.84. The number of carbonyl (C=O) groups excluding carboxylic acids is 1. The number of ether oxygens (including phenoxy) is 1. The quantitative estimate of drug-likeness (QED) is 0.806. The van der Waals surface area contributed by atoms with Gasteiger partial charge in [-0.3, -0.25) is 0 Å². The van der Waals surface area contributed by atoms with E-state index in [9.17, 15) is 9.90 Å².